The molecule has 0 aliphatic heterocycles. The van der Waals surface area contributed by atoms with Crippen LogP contribution in [0.15, 0.2) is 27.8 Å². The van der Waals surface area contributed by atoms with E-state index >= 15 is 0 Å². The third-order valence-electron chi connectivity index (χ3n) is 5.28. The molecule has 1 amide bonds. The molecular formula is C19H23N5O3. The van der Waals surface area contributed by atoms with Gasteiger partial charge >= 0.3 is 5.69 Å². The Hall–Kier alpha value is -2.90. The zero-order valence-corrected chi connectivity index (χ0v) is 15.5. The molecule has 1 saturated carbocycles. The molecule has 8 nitrogen and oxygen atoms in total. The smallest absolute Gasteiger partial charge is 0.349 e. The molecule has 0 bridgehead atoms. The first-order valence-electron chi connectivity index (χ1n) is 9.43. The van der Waals surface area contributed by atoms with E-state index in [1.165, 1.54) is 15.4 Å². The Morgan fingerprint density at radius 3 is 2.67 bits per heavy atom. The van der Waals surface area contributed by atoms with Crippen LogP contribution in [0.1, 0.15) is 62.4 Å². The number of hydrogen-bond acceptors (Lipinski definition) is 4. The lowest BCUT2D eigenvalue weighted by Gasteiger charge is -2.22. The van der Waals surface area contributed by atoms with E-state index in [-0.39, 0.29) is 29.3 Å². The molecule has 0 saturated heterocycles. The van der Waals surface area contributed by atoms with E-state index in [1.54, 1.807) is 18.2 Å². The largest absolute Gasteiger partial charge is 0.349 e. The number of nitrogens with one attached hydrogen (secondary N) is 2. The van der Waals surface area contributed by atoms with Crippen molar-refractivity contribution in [2.24, 2.45) is 0 Å². The number of aromatic amines is 1. The summed E-state index contributed by atoms with van der Waals surface area (Å²) in [6.07, 6.45) is 5.45. The molecule has 2 N–H and O–H groups in total. The van der Waals surface area contributed by atoms with Crippen LogP contribution < -0.4 is 16.6 Å². The van der Waals surface area contributed by atoms with E-state index < -0.39 is 5.69 Å². The molecule has 8 heteroatoms. The number of carbonyl (C=O) groups is 1. The number of hydrogen-bond donors (Lipinski definition) is 2. The molecular weight excluding hydrogens is 346 g/mol. The molecule has 1 aromatic carbocycles. The predicted molar refractivity (Wildman–Crippen MR) is 102 cm³/mol. The van der Waals surface area contributed by atoms with E-state index in [2.05, 4.69) is 15.5 Å². The Kier molecular flexibility index (Phi) is 4.33. The molecule has 142 valence electrons. The second kappa shape index (κ2) is 6.68. The Morgan fingerprint density at radius 1 is 1.22 bits per heavy atom. The Morgan fingerprint density at radius 2 is 1.96 bits per heavy atom. The van der Waals surface area contributed by atoms with Gasteiger partial charge in [0.05, 0.1) is 10.9 Å². The number of amides is 1. The van der Waals surface area contributed by atoms with Crippen molar-refractivity contribution in [3.8, 4) is 0 Å². The molecule has 1 aliphatic carbocycles. The molecule has 2 aromatic heterocycles. The minimum absolute atomic E-state index is 0.158. The van der Waals surface area contributed by atoms with E-state index in [0.29, 0.717) is 16.5 Å². The van der Waals surface area contributed by atoms with Crippen molar-refractivity contribution in [3.05, 3.63) is 44.6 Å². The summed E-state index contributed by atoms with van der Waals surface area (Å²) >= 11 is 0. The summed E-state index contributed by atoms with van der Waals surface area (Å²) in [5.41, 5.74) is 0.158. The third kappa shape index (κ3) is 2.94. The van der Waals surface area contributed by atoms with Gasteiger partial charge in [0.15, 0.2) is 0 Å². The highest BCUT2D eigenvalue weighted by molar-refractivity contribution is 5.98. The summed E-state index contributed by atoms with van der Waals surface area (Å²) in [7, 11) is 0. The highest BCUT2D eigenvalue weighted by Gasteiger charge is 2.20. The van der Waals surface area contributed by atoms with E-state index in [4.69, 9.17) is 0 Å². The number of rotatable bonds is 3. The number of nitrogens with zero attached hydrogens (tertiary/aromatic N) is 3. The maximum atomic E-state index is 12.9. The molecule has 1 aliphatic rings. The molecule has 3 aromatic rings. The first kappa shape index (κ1) is 17.5. The second-order valence-electron chi connectivity index (χ2n) is 7.47. The molecule has 1 fully saturated rings. The summed E-state index contributed by atoms with van der Waals surface area (Å²) < 4.78 is 2.83. The molecule has 0 unspecified atom stereocenters. The van der Waals surface area contributed by atoms with Crippen molar-refractivity contribution in [1.29, 1.82) is 0 Å². The van der Waals surface area contributed by atoms with Gasteiger partial charge in [0.1, 0.15) is 0 Å². The Bertz CT molecular complexity index is 1130. The van der Waals surface area contributed by atoms with E-state index in [9.17, 15) is 14.4 Å². The summed E-state index contributed by atoms with van der Waals surface area (Å²) in [5.74, 6) is 0.0684. The van der Waals surface area contributed by atoms with Crippen molar-refractivity contribution in [1.82, 2.24) is 24.5 Å². The predicted octanol–water partition coefficient (Wildman–Crippen LogP) is 1.98. The average molecular weight is 369 g/mol. The fourth-order valence-corrected chi connectivity index (χ4v) is 3.91. The number of H-pyrrole nitrogens is 1. The van der Waals surface area contributed by atoms with Gasteiger partial charge < -0.3 is 5.32 Å². The number of carbonyl (C=O) groups excluding carboxylic acids is 1. The SMILES string of the molecule is CC(C)n1c(=O)c2ccc(C(=O)NC3CCCCC3)cc2n2c(=O)[nH]nc12. The minimum atomic E-state index is -0.436. The maximum absolute atomic E-state index is 12.9. The summed E-state index contributed by atoms with van der Waals surface area (Å²) in [6.45, 7) is 3.72. The fourth-order valence-electron chi connectivity index (χ4n) is 3.91. The molecule has 0 spiro atoms. The van der Waals surface area contributed by atoms with Gasteiger partial charge in [-0.05, 0) is 44.9 Å². The summed E-state index contributed by atoms with van der Waals surface area (Å²) in [5, 5.41) is 9.86. The lowest BCUT2D eigenvalue weighted by molar-refractivity contribution is 0.0928. The Labute approximate surface area is 155 Å². The van der Waals surface area contributed by atoms with Gasteiger partial charge in [-0.3, -0.25) is 14.2 Å². The zero-order valence-electron chi connectivity index (χ0n) is 15.5. The highest BCUT2D eigenvalue weighted by atomic mass is 16.2. The first-order valence-corrected chi connectivity index (χ1v) is 9.43. The van der Waals surface area contributed by atoms with Crippen LogP contribution in [-0.2, 0) is 0 Å². The van der Waals surface area contributed by atoms with Crippen LogP contribution in [0.3, 0.4) is 0 Å². The molecule has 27 heavy (non-hydrogen) atoms. The van der Waals surface area contributed by atoms with Crippen molar-refractivity contribution >= 4 is 22.6 Å². The number of aromatic nitrogens is 4. The average Bonchev–Trinajstić information content (AvgIpc) is 3.03. The van der Waals surface area contributed by atoms with Gasteiger partial charge in [0.2, 0.25) is 5.78 Å². The fraction of sp³-hybridized carbons (Fsp3) is 0.474. The lowest BCUT2D eigenvalue weighted by atomic mass is 9.95. The van der Waals surface area contributed by atoms with Crippen LogP contribution >= 0.6 is 0 Å². The van der Waals surface area contributed by atoms with Crippen LogP contribution in [0, 0.1) is 0 Å². The van der Waals surface area contributed by atoms with Crippen molar-refractivity contribution in [2.75, 3.05) is 0 Å². The van der Waals surface area contributed by atoms with Gasteiger partial charge in [0, 0.05) is 17.6 Å². The topological polar surface area (TPSA) is 101 Å². The van der Waals surface area contributed by atoms with Crippen LogP contribution in [0.25, 0.3) is 16.7 Å². The summed E-state index contributed by atoms with van der Waals surface area (Å²) in [4.78, 5) is 37.9. The van der Waals surface area contributed by atoms with Crippen molar-refractivity contribution < 1.29 is 4.79 Å². The standard InChI is InChI=1S/C19H23N5O3/c1-11(2)23-17(26)14-9-8-12(16(25)20-13-6-4-3-5-7-13)10-15(14)24-18(23)21-22-19(24)27/h8-11,13H,3-7H2,1-2H3,(H,20,25)(H,22,27). The number of fused-ring (bicyclic) bond motifs is 3. The normalized spacial score (nSPS) is 15.7. The number of benzene rings is 1. The van der Waals surface area contributed by atoms with Gasteiger partial charge in [-0.1, -0.05) is 19.3 Å². The summed E-state index contributed by atoms with van der Waals surface area (Å²) in [6, 6.07) is 4.89. The molecule has 0 atom stereocenters. The monoisotopic (exact) mass is 369 g/mol. The maximum Gasteiger partial charge on any atom is 0.349 e. The van der Waals surface area contributed by atoms with Crippen molar-refractivity contribution in [3.63, 3.8) is 0 Å². The van der Waals surface area contributed by atoms with Gasteiger partial charge in [-0.2, -0.15) is 0 Å². The van der Waals surface area contributed by atoms with Gasteiger partial charge in [-0.25, -0.2) is 14.3 Å². The van der Waals surface area contributed by atoms with Crippen LogP contribution in [0.5, 0.6) is 0 Å². The third-order valence-corrected chi connectivity index (χ3v) is 5.28. The Balaban J connectivity index is 1.85. The highest BCUT2D eigenvalue weighted by Crippen LogP contribution is 2.19. The van der Waals surface area contributed by atoms with Gasteiger partial charge in [-0.15, -0.1) is 5.10 Å². The lowest BCUT2D eigenvalue weighted by Crippen LogP contribution is -2.36. The van der Waals surface area contributed by atoms with Crippen LogP contribution in [0.4, 0.5) is 0 Å². The minimum Gasteiger partial charge on any atom is -0.349 e. The van der Waals surface area contributed by atoms with E-state index in [1.807, 2.05) is 13.8 Å². The molecule has 2 heterocycles. The second-order valence-corrected chi connectivity index (χ2v) is 7.47. The first-order chi connectivity index (χ1) is 13.0. The van der Waals surface area contributed by atoms with Gasteiger partial charge in [0.25, 0.3) is 11.5 Å². The molecule has 4 rings (SSSR count). The van der Waals surface area contributed by atoms with Crippen molar-refractivity contribution in [2.45, 2.75) is 58.0 Å². The zero-order chi connectivity index (χ0) is 19.1. The van der Waals surface area contributed by atoms with E-state index in [0.717, 1.165) is 25.7 Å². The van der Waals surface area contributed by atoms with Crippen LogP contribution in [0.2, 0.25) is 0 Å². The van der Waals surface area contributed by atoms with Crippen LogP contribution in [-0.4, -0.2) is 31.1 Å². The quantitative estimate of drug-likeness (QED) is 0.737. The molecule has 0 radical (unpaired) electrons.